The number of anilines is 1. The summed E-state index contributed by atoms with van der Waals surface area (Å²) in [6, 6.07) is 5.43. The average Bonchev–Trinajstić information content (AvgIpc) is 3.26. The van der Waals surface area contributed by atoms with Crippen LogP contribution in [0.15, 0.2) is 23.4 Å². The lowest BCUT2D eigenvalue weighted by atomic mass is 10.1. The maximum absolute atomic E-state index is 12.2. The Labute approximate surface area is 191 Å². The van der Waals surface area contributed by atoms with E-state index in [9.17, 15) is 18.0 Å². The molecule has 2 N–H and O–H groups in total. The smallest absolute Gasteiger partial charge is 0.243 e. The zero-order valence-electron chi connectivity index (χ0n) is 18.3. The van der Waals surface area contributed by atoms with Crippen LogP contribution in [0.2, 0.25) is 0 Å². The van der Waals surface area contributed by atoms with Gasteiger partial charge in [0.05, 0.1) is 36.6 Å². The highest BCUT2D eigenvalue weighted by Crippen LogP contribution is 2.25. The number of thioether (sulfide) groups is 1. The maximum Gasteiger partial charge on any atom is 0.243 e. The molecule has 12 heteroatoms. The van der Waals surface area contributed by atoms with Crippen LogP contribution in [-0.4, -0.2) is 65.9 Å². The van der Waals surface area contributed by atoms with Crippen LogP contribution in [0, 0.1) is 12.8 Å². The van der Waals surface area contributed by atoms with Crippen LogP contribution < -0.4 is 15.4 Å². The second kappa shape index (κ2) is 10.3. The Hall–Kier alpha value is -2.60. The largest absolute Gasteiger partial charge is 0.495 e. The number of ether oxygens (including phenoxy) is 1. The number of carbonyl (C=O) groups excluding carboxylic acids is 2. The Bertz CT molecular complexity index is 1100. The number of aromatic nitrogens is 3. The molecule has 2 amide bonds. The van der Waals surface area contributed by atoms with Gasteiger partial charge in [-0.3, -0.25) is 9.59 Å². The van der Waals surface area contributed by atoms with Crippen LogP contribution in [0.5, 0.6) is 5.75 Å². The second-order valence-electron chi connectivity index (χ2n) is 7.75. The van der Waals surface area contributed by atoms with Crippen molar-refractivity contribution in [3.8, 4) is 5.75 Å². The molecule has 10 nitrogen and oxygen atoms in total. The fourth-order valence-corrected chi connectivity index (χ4v) is 6.04. The minimum Gasteiger partial charge on any atom is -0.495 e. The van der Waals surface area contributed by atoms with Crippen LogP contribution in [0.4, 0.5) is 5.69 Å². The number of carbonyl (C=O) groups is 2. The number of aryl methyl sites for hydroxylation is 1. The van der Waals surface area contributed by atoms with Gasteiger partial charge in [0.25, 0.3) is 0 Å². The lowest BCUT2D eigenvalue weighted by molar-refractivity contribution is -0.122. The van der Waals surface area contributed by atoms with Gasteiger partial charge < -0.3 is 19.9 Å². The molecule has 0 spiro atoms. The Morgan fingerprint density at radius 2 is 2.06 bits per heavy atom. The predicted molar refractivity (Wildman–Crippen MR) is 122 cm³/mol. The van der Waals surface area contributed by atoms with Gasteiger partial charge in [0.15, 0.2) is 15.0 Å². The van der Waals surface area contributed by atoms with E-state index in [1.165, 1.54) is 18.9 Å². The average molecular weight is 482 g/mol. The second-order valence-corrected chi connectivity index (χ2v) is 10.9. The number of hydrogen-bond donors (Lipinski definition) is 2. The Balaban J connectivity index is 1.45. The van der Waals surface area contributed by atoms with Crippen molar-refractivity contribution < 1.29 is 22.7 Å². The van der Waals surface area contributed by atoms with E-state index in [4.69, 9.17) is 4.74 Å². The number of hydrogen-bond acceptors (Lipinski definition) is 8. The molecule has 1 aliphatic heterocycles. The van der Waals surface area contributed by atoms with E-state index in [2.05, 4.69) is 20.8 Å². The van der Waals surface area contributed by atoms with Crippen LogP contribution >= 0.6 is 11.8 Å². The van der Waals surface area contributed by atoms with Crippen molar-refractivity contribution >= 4 is 39.1 Å². The van der Waals surface area contributed by atoms with Crippen molar-refractivity contribution in [2.24, 2.45) is 13.0 Å². The van der Waals surface area contributed by atoms with E-state index in [-0.39, 0.29) is 41.5 Å². The molecular weight excluding hydrogens is 454 g/mol. The highest BCUT2D eigenvalue weighted by atomic mass is 32.2. The molecule has 1 saturated heterocycles. The van der Waals surface area contributed by atoms with Gasteiger partial charge in [0, 0.05) is 13.5 Å². The lowest BCUT2D eigenvalue weighted by Gasteiger charge is -2.11. The van der Waals surface area contributed by atoms with Crippen LogP contribution in [0.3, 0.4) is 0 Å². The van der Waals surface area contributed by atoms with Gasteiger partial charge in [0.2, 0.25) is 11.8 Å². The van der Waals surface area contributed by atoms with Crippen LogP contribution in [0.1, 0.15) is 17.8 Å². The number of benzene rings is 1. The Kier molecular flexibility index (Phi) is 7.77. The summed E-state index contributed by atoms with van der Waals surface area (Å²) in [5, 5.41) is 14.1. The summed E-state index contributed by atoms with van der Waals surface area (Å²) in [4.78, 5) is 24.3. The monoisotopic (exact) mass is 481 g/mol. The van der Waals surface area contributed by atoms with Crippen molar-refractivity contribution in [2.45, 2.75) is 24.9 Å². The number of rotatable bonds is 9. The highest BCUT2D eigenvalue weighted by Gasteiger charge is 2.29. The minimum atomic E-state index is -2.94. The first-order chi connectivity index (χ1) is 15.2. The van der Waals surface area contributed by atoms with Gasteiger partial charge in [-0.25, -0.2) is 8.42 Å². The normalized spacial score (nSPS) is 17.2. The van der Waals surface area contributed by atoms with Gasteiger partial charge >= 0.3 is 0 Å². The van der Waals surface area contributed by atoms with Crippen molar-refractivity contribution in [3.05, 3.63) is 29.6 Å². The van der Waals surface area contributed by atoms with Crippen LogP contribution in [-0.2, 0) is 32.9 Å². The molecule has 2 heterocycles. The summed E-state index contributed by atoms with van der Waals surface area (Å²) in [6.07, 6.45) is 1.18. The molecule has 1 aromatic carbocycles. The first-order valence-electron chi connectivity index (χ1n) is 10.1. The first kappa shape index (κ1) is 24.1. The minimum absolute atomic E-state index is 0.0505. The molecule has 174 valence electrons. The summed E-state index contributed by atoms with van der Waals surface area (Å²) in [6.45, 7) is 1.73. The number of sulfone groups is 1. The molecule has 32 heavy (non-hydrogen) atoms. The van der Waals surface area contributed by atoms with E-state index in [1.54, 1.807) is 23.7 Å². The summed E-state index contributed by atoms with van der Waals surface area (Å²) in [5.74, 6) is 1.09. The molecule has 2 aromatic rings. The molecule has 0 radical (unpaired) electrons. The first-order valence-corrected chi connectivity index (χ1v) is 12.9. The molecule has 3 rings (SSSR count). The predicted octanol–water partition coefficient (Wildman–Crippen LogP) is 0.956. The van der Waals surface area contributed by atoms with E-state index in [0.717, 1.165) is 5.56 Å². The Morgan fingerprint density at radius 3 is 2.75 bits per heavy atom. The molecule has 1 aromatic heterocycles. The van der Waals surface area contributed by atoms with Gasteiger partial charge in [-0.2, -0.15) is 0 Å². The molecule has 0 bridgehead atoms. The molecule has 1 atom stereocenters. The Morgan fingerprint density at radius 1 is 1.28 bits per heavy atom. The molecule has 1 aliphatic rings. The summed E-state index contributed by atoms with van der Waals surface area (Å²) in [5.41, 5.74) is 1.52. The molecule has 1 fully saturated rings. The summed E-state index contributed by atoms with van der Waals surface area (Å²) in [7, 11) is 0.376. The van der Waals surface area contributed by atoms with Gasteiger partial charge in [0.1, 0.15) is 11.6 Å². The van der Waals surface area contributed by atoms with Gasteiger partial charge in [-0.15, -0.1) is 10.2 Å². The third-order valence-electron chi connectivity index (χ3n) is 5.13. The molecule has 1 unspecified atom stereocenters. The lowest BCUT2D eigenvalue weighted by Crippen LogP contribution is -2.34. The van der Waals surface area contributed by atoms with Crippen molar-refractivity contribution in [1.29, 1.82) is 0 Å². The van der Waals surface area contributed by atoms with Crippen molar-refractivity contribution in [3.63, 3.8) is 0 Å². The third kappa shape index (κ3) is 6.45. The number of nitrogens with zero attached hydrogens (tertiary/aromatic N) is 3. The topological polar surface area (TPSA) is 132 Å². The van der Waals surface area contributed by atoms with Gasteiger partial charge in [-0.05, 0) is 37.0 Å². The molecule has 0 saturated carbocycles. The molecular formula is C20H27N5O5S2. The van der Waals surface area contributed by atoms with Crippen molar-refractivity contribution in [2.75, 3.05) is 36.2 Å². The van der Waals surface area contributed by atoms with E-state index in [1.807, 2.05) is 13.0 Å². The quantitative estimate of drug-likeness (QED) is 0.506. The maximum atomic E-state index is 12.2. The zero-order chi connectivity index (χ0) is 23.3. The third-order valence-corrected chi connectivity index (χ3v) is 7.99. The van der Waals surface area contributed by atoms with E-state index < -0.39 is 9.84 Å². The fraction of sp³-hybridized carbons (Fsp3) is 0.500. The number of nitrogens with one attached hydrogen (secondary N) is 2. The van der Waals surface area contributed by atoms with E-state index >= 15 is 0 Å². The number of methoxy groups -OCH3 is 1. The summed E-state index contributed by atoms with van der Waals surface area (Å²) < 4.78 is 30.3. The fourth-order valence-electron chi connectivity index (χ4n) is 3.41. The standard InChI is InChI=1S/C20H27N5O5S2/c1-13-4-5-16(30-3)15(8-13)22-18(26)10-21-19(27)11-31-20-24-23-17(25(20)2)9-14-6-7-32(28,29)12-14/h4-5,8,14H,6-7,9-12H2,1-3H3,(H,21,27)(H,22,26). The SMILES string of the molecule is COc1ccc(C)cc1NC(=O)CNC(=O)CSc1nnc(CC2CCS(=O)(=O)C2)n1C. The van der Waals surface area contributed by atoms with Crippen LogP contribution in [0.25, 0.3) is 0 Å². The molecule has 0 aliphatic carbocycles. The zero-order valence-corrected chi connectivity index (χ0v) is 19.9. The number of amides is 2. The van der Waals surface area contributed by atoms with Crippen molar-refractivity contribution in [1.82, 2.24) is 20.1 Å². The van der Waals surface area contributed by atoms with E-state index in [0.29, 0.717) is 35.3 Å². The van der Waals surface area contributed by atoms with Gasteiger partial charge in [-0.1, -0.05) is 17.8 Å². The highest BCUT2D eigenvalue weighted by molar-refractivity contribution is 7.99. The summed E-state index contributed by atoms with van der Waals surface area (Å²) >= 11 is 1.20.